The normalized spacial score (nSPS) is 15.2. The van der Waals surface area contributed by atoms with Gasteiger partial charge in [0.25, 0.3) is 0 Å². The van der Waals surface area contributed by atoms with Crippen molar-refractivity contribution >= 4 is 36.4 Å². The van der Waals surface area contributed by atoms with Crippen molar-refractivity contribution in [3.05, 3.63) is 51.5 Å². The van der Waals surface area contributed by atoms with Gasteiger partial charge in [0.1, 0.15) is 8.24 Å². The Hall–Kier alpha value is 0.608. The van der Waals surface area contributed by atoms with Crippen LogP contribution < -0.4 is 4.98 Å². The van der Waals surface area contributed by atoms with Crippen LogP contribution in [0.3, 0.4) is 0 Å². The molecule has 0 fully saturated rings. The van der Waals surface area contributed by atoms with Crippen LogP contribution in [-0.2, 0) is 17.0 Å². The minimum atomic E-state index is -1.42. The van der Waals surface area contributed by atoms with Crippen LogP contribution in [0.1, 0.15) is 82.1 Å². The van der Waals surface area contributed by atoms with Gasteiger partial charge in [0.15, 0.2) is 0 Å². The number of hydrogen-bond acceptors (Lipinski definition) is 1. The van der Waals surface area contributed by atoms with E-state index in [4.69, 9.17) is 24.3 Å². The molecule has 0 aromatic carbocycles. The van der Waals surface area contributed by atoms with Gasteiger partial charge in [-0.2, -0.15) is 5.57 Å². The van der Waals surface area contributed by atoms with Crippen LogP contribution in [0.15, 0.2) is 39.6 Å². The molecule has 2 aliphatic rings. The quantitative estimate of drug-likeness (QED) is 0.262. The summed E-state index contributed by atoms with van der Waals surface area (Å²) in [7, 11) is 8.77. The first-order chi connectivity index (χ1) is 14.7. The number of halogens is 2. The van der Waals surface area contributed by atoms with Gasteiger partial charge in [-0.25, -0.2) is 11.6 Å². The van der Waals surface area contributed by atoms with Gasteiger partial charge in [0.05, 0.1) is 0 Å². The van der Waals surface area contributed by atoms with E-state index in [-0.39, 0.29) is 11.1 Å². The van der Waals surface area contributed by atoms with E-state index in [9.17, 15) is 0 Å². The average Bonchev–Trinajstić information content (AvgIpc) is 3.12. The fraction of sp³-hybridized carbons (Fsp3) is 0.692. The Morgan fingerprint density at radius 1 is 0.970 bits per heavy atom. The van der Waals surface area contributed by atoms with Crippen molar-refractivity contribution in [3.63, 3.8) is 0 Å². The van der Waals surface area contributed by atoms with E-state index >= 15 is 0 Å². The maximum absolute atomic E-state index is 6.94. The molecule has 194 valence electrons. The van der Waals surface area contributed by atoms with Crippen LogP contribution in [0.4, 0.5) is 0 Å². The summed E-state index contributed by atoms with van der Waals surface area (Å²) in [5, 5.41) is 1.65. The van der Waals surface area contributed by atoms with E-state index < -0.39 is 25.3 Å². The molecule has 0 saturated heterocycles. The molecule has 0 spiro atoms. The summed E-state index contributed by atoms with van der Waals surface area (Å²) in [6, 6.07) is 0. The van der Waals surface area contributed by atoms with Gasteiger partial charge in [0.2, 0.25) is 0 Å². The average molecular weight is 568 g/mol. The van der Waals surface area contributed by atoms with E-state index in [1.54, 1.807) is 10.8 Å². The zero-order valence-corrected chi connectivity index (χ0v) is 29.5. The Morgan fingerprint density at radius 3 is 1.55 bits per heavy atom. The topological polar surface area (TPSA) is 35.8 Å². The van der Waals surface area contributed by atoms with Crippen LogP contribution in [0.5, 0.6) is 0 Å². The van der Waals surface area contributed by atoms with Crippen molar-refractivity contribution < 1.29 is 17.0 Å². The summed E-state index contributed by atoms with van der Waals surface area (Å²) in [5.74, 6) is 0. The molecule has 33 heavy (non-hydrogen) atoms. The van der Waals surface area contributed by atoms with E-state index in [0.717, 1.165) is 6.42 Å². The molecule has 0 amide bonds. The molecule has 0 bridgehead atoms. The summed E-state index contributed by atoms with van der Waals surface area (Å²) in [6.07, 6.45) is 9.81. The second-order valence-electron chi connectivity index (χ2n) is 11.3. The van der Waals surface area contributed by atoms with Gasteiger partial charge >= 0.3 is 35.6 Å². The van der Waals surface area contributed by atoms with Gasteiger partial charge in [-0.1, -0.05) is 76.3 Å². The molecular weight excluding hydrogens is 515 g/mol. The van der Waals surface area contributed by atoms with Crippen LogP contribution in [-0.4, -0.2) is 28.8 Å². The molecule has 0 aliphatic heterocycles. The van der Waals surface area contributed by atoms with Crippen LogP contribution in [0, 0.1) is 6.08 Å². The van der Waals surface area contributed by atoms with Crippen LogP contribution >= 0.6 is 18.6 Å². The zero-order chi connectivity index (χ0) is 27.0. The van der Waals surface area contributed by atoms with Gasteiger partial charge in [-0.3, -0.25) is 6.08 Å². The fourth-order valence-electron chi connectivity index (χ4n) is 2.90. The Morgan fingerprint density at radius 2 is 1.36 bits per heavy atom. The van der Waals surface area contributed by atoms with Crippen molar-refractivity contribution in [1.29, 1.82) is 0 Å². The molecule has 2 nitrogen and oxygen atoms in total. The Balaban J connectivity index is -0.000000414. The zero-order valence-electron chi connectivity index (χ0n) is 24.0. The molecule has 2 N–H and O–H groups in total. The molecular formula is C26H52Cl2N2Si2Ti-2. The van der Waals surface area contributed by atoms with E-state index in [1.165, 1.54) is 23.1 Å². The third kappa shape index (κ3) is 25.5. The monoisotopic (exact) mass is 566 g/mol. The summed E-state index contributed by atoms with van der Waals surface area (Å²) < 4.78 is 0. The Bertz CT molecular complexity index is 661. The Kier molecular flexibility index (Phi) is 21.8. The molecule has 0 aromatic rings. The van der Waals surface area contributed by atoms with Crippen LogP contribution in [0.25, 0.3) is 5.73 Å². The first kappa shape index (κ1) is 38.1. The predicted octanol–water partition coefficient (Wildman–Crippen LogP) is 9.34. The molecule has 0 atom stereocenters. The molecule has 7 heteroatoms. The second kappa shape index (κ2) is 18.8. The predicted molar refractivity (Wildman–Crippen MR) is 158 cm³/mol. The molecule has 0 saturated carbocycles. The molecule has 2 aliphatic carbocycles. The molecule has 0 radical (unpaired) electrons. The van der Waals surface area contributed by atoms with Gasteiger partial charge in [-0.15, -0.1) is 18.9 Å². The number of allylic oxidation sites excluding steroid dienone is 8. The van der Waals surface area contributed by atoms with Gasteiger partial charge < -0.3 is 10.7 Å². The fourth-order valence-corrected chi connectivity index (χ4v) is 6.22. The van der Waals surface area contributed by atoms with Crippen molar-refractivity contribution in [2.75, 3.05) is 0 Å². The number of rotatable bonds is 2. The number of nitrogens with one attached hydrogen (secondary N) is 2. The van der Waals surface area contributed by atoms with E-state index in [0.29, 0.717) is 9.52 Å². The molecule has 0 aromatic heterocycles. The van der Waals surface area contributed by atoms with Gasteiger partial charge in [-0.05, 0) is 41.0 Å². The van der Waals surface area contributed by atoms with Crippen molar-refractivity contribution in [3.8, 4) is 0 Å². The van der Waals surface area contributed by atoms with Crippen molar-refractivity contribution in [2.24, 2.45) is 0 Å². The minimum absolute atomic E-state index is 0.223. The second-order valence-corrected chi connectivity index (χ2v) is 19.5. The van der Waals surface area contributed by atoms with Crippen molar-refractivity contribution in [1.82, 2.24) is 4.98 Å². The van der Waals surface area contributed by atoms with E-state index in [1.807, 2.05) is 20.8 Å². The first-order valence-corrected chi connectivity index (χ1v) is 22.0. The first-order valence-electron chi connectivity index (χ1n) is 11.9. The summed E-state index contributed by atoms with van der Waals surface area (Å²) in [4.78, 5) is 3.82. The van der Waals surface area contributed by atoms with Crippen molar-refractivity contribution in [2.45, 2.75) is 119 Å². The van der Waals surface area contributed by atoms with Crippen LogP contribution in [0.2, 0.25) is 26.2 Å². The number of hydrogen-bond donors (Lipinski definition) is 1. The third-order valence-corrected chi connectivity index (χ3v) is 7.67. The molecule has 2 rings (SSSR count). The summed E-state index contributed by atoms with van der Waals surface area (Å²) >= 11 is -0.556. The SMILES string of the molecule is CC(C)(C)[NH-].CC1=C(C)CC([Si](C)(C)NC(C)(C)C)=C1.CC1=C(C)C[C-]=C1.C[SiH2]C.[Cl][Ti][Cl]. The molecule has 0 unspecified atom stereocenters. The summed E-state index contributed by atoms with van der Waals surface area (Å²) in [5.41, 5.74) is 12.8. The summed E-state index contributed by atoms with van der Waals surface area (Å²) in [6.45, 7) is 30.4. The Labute approximate surface area is 227 Å². The standard InChI is InChI=1S/C13H25NSi.C7H9.C4H10N.C2H8Si.2ClH.Ti/c1-10-8-12(9-11(10)2)15(6,7)14-13(3,4)5;1-6-4-3-5-7(6)2;1-4(2,3)5;1-3-2;;;/h8,14H,9H2,1-7H3;4H,5H2,1-2H3;5H,1-3H3;3H2,1-2H3;2*1H;/q;2*-1;;;;+2/p-2. The maximum atomic E-state index is 6.94. The third-order valence-electron chi connectivity index (χ3n) is 4.37. The molecule has 0 heterocycles. The van der Waals surface area contributed by atoms with E-state index in [2.05, 4.69) is 97.9 Å². The van der Waals surface area contributed by atoms with Gasteiger partial charge in [0, 0.05) is 15.1 Å².